The molecule has 0 amide bonds. The second kappa shape index (κ2) is 6.73. The fourth-order valence-electron chi connectivity index (χ4n) is 2.69. The van der Waals surface area contributed by atoms with Gasteiger partial charge in [-0.3, -0.25) is 10.1 Å². The van der Waals surface area contributed by atoms with E-state index >= 15 is 0 Å². The number of likely N-dealkylation sites (N-methyl/N-ethyl adjacent to an activating group) is 1. The van der Waals surface area contributed by atoms with Crippen LogP contribution in [-0.4, -0.2) is 49.2 Å². The number of nitrogens with one attached hydrogen (secondary N) is 1. The Morgan fingerprint density at radius 1 is 1.45 bits per heavy atom. The second-order valence-electron chi connectivity index (χ2n) is 5.68. The number of anilines is 1. The molecule has 2 rings (SSSR count). The maximum absolute atomic E-state index is 10.8. The van der Waals surface area contributed by atoms with Gasteiger partial charge in [0, 0.05) is 37.4 Å². The van der Waals surface area contributed by atoms with E-state index in [1.54, 1.807) is 6.07 Å². The zero-order valence-corrected chi connectivity index (χ0v) is 12.8. The lowest BCUT2D eigenvalue weighted by Gasteiger charge is -2.43. The van der Waals surface area contributed by atoms with Crippen LogP contribution in [0.15, 0.2) is 18.2 Å². The van der Waals surface area contributed by atoms with Crippen molar-refractivity contribution in [2.45, 2.75) is 18.4 Å². The van der Waals surface area contributed by atoms with Crippen molar-refractivity contribution in [3.63, 3.8) is 0 Å². The Labute approximate surface area is 129 Å². The van der Waals surface area contributed by atoms with Gasteiger partial charge in [-0.05, 0) is 33.0 Å². The Hall–Kier alpha value is -2.17. The summed E-state index contributed by atoms with van der Waals surface area (Å²) in [6, 6.07) is 6.32. The average Bonchev–Trinajstić information content (AvgIpc) is 2.53. The van der Waals surface area contributed by atoms with Gasteiger partial charge < -0.3 is 15.0 Å². The Kier molecular flexibility index (Phi) is 4.96. The highest BCUT2D eigenvalue weighted by Gasteiger charge is 2.34. The lowest BCUT2D eigenvalue weighted by molar-refractivity contribution is -0.384. The molecule has 0 aliphatic carbocycles. The maximum atomic E-state index is 10.8. The fourth-order valence-corrected chi connectivity index (χ4v) is 2.69. The summed E-state index contributed by atoms with van der Waals surface area (Å²) in [7, 11) is 4.07. The Balaban J connectivity index is 2.16. The summed E-state index contributed by atoms with van der Waals surface area (Å²) in [5.74, 6) is 0. The third-order valence-electron chi connectivity index (χ3n) is 4.31. The van der Waals surface area contributed by atoms with E-state index in [1.807, 2.05) is 20.2 Å². The van der Waals surface area contributed by atoms with Crippen LogP contribution in [0.2, 0.25) is 0 Å². The summed E-state index contributed by atoms with van der Waals surface area (Å²) in [6.07, 6.45) is 1.81. The van der Waals surface area contributed by atoms with Gasteiger partial charge >= 0.3 is 0 Å². The largest absolute Gasteiger partial charge is 0.382 e. The molecule has 118 valence electrons. The fraction of sp³-hybridized carbons (Fsp3) is 0.533. The molecule has 0 bridgehead atoms. The van der Waals surface area contributed by atoms with Gasteiger partial charge in [0.15, 0.2) is 0 Å². The lowest BCUT2D eigenvalue weighted by Crippen LogP contribution is -2.53. The molecule has 1 N–H and O–H groups in total. The van der Waals surface area contributed by atoms with Gasteiger partial charge in [0.05, 0.1) is 16.2 Å². The van der Waals surface area contributed by atoms with E-state index in [-0.39, 0.29) is 16.8 Å². The molecular formula is C15H20N4O3. The molecular weight excluding hydrogens is 284 g/mol. The van der Waals surface area contributed by atoms with E-state index in [4.69, 9.17) is 4.74 Å². The molecule has 1 aromatic rings. The second-order valence-corrected chi connectivity index (χ2v) is 5.68. The van der Waals surface area contributed by atoms with Crippen molar-refractivity contribution in [1.82, 2.24) is 4.90 Å². The average molecular weight is 304 g/mol. The van der Waals surface area contributed by atoms with E-state index in [1.165, 1.54) is 12.1 Å². The summed E-state index contributed by atoms with van der Waals surface area (Å²) in [6.45, 7) is 2.09. The SMILES string of the molecule is CN(C)C1(CNc2ccc([N+](=O)[O-])cc2C#N)CCOCC1. The number of hydrogen-bond donors (Lipinski definition) is 1. The minimum absolute atomic E-state index is 0.0350. The minimum atomic E-state index is -0.496. The molecule has 1 aliphatic heterocycles. The molecule has 1 saturated heterocycles. The van der Waals surface area contributed by atoms with E-state index in [0.717, 1.165) is 12.8 Å². The highest BCUT2D eigenvalue weighted by molar-refractivity contribution is 5.61. The van der Waals surface area contributed by atoms with Crippen molar-refractivity contribution in [3.05, 3.63) is 33.9 Å². The lowest BCUT2D eigenvalue weighted by atomic mass is 9.88. The van der Waals surface area contributed by atoms with Crippen LogP contribution in [0.1, 0.15) is 18.4 Å². The first-order chi connectivity index (χ1) is 10.5. The van der Waals surface area contributed by atoms with Gasteiger partial charge in [0.25, 0.3) is 5.69 Å². The molecule has 0 radical (unpaired) electrons. The van der Waals surface area contributed by atoms with Crippen molar-refractivity contribution in [3.8, 4) is 6.07 Å². The van der Waals surface area contributed by atoms with E-state index < -0.39 is 4.92 Å². The number of nitro groups is 1. The van der Waals surface area contributed by atoms with Gasteiger partial charge in [0.1, 0.15) is 6.07 Å². The normalized spacial score (nSPS) is 17.0. The monoisotopic (exact) mass is 304 g/mol. The third kappa shape index (κ3) is 3.35. The zero-order chi connectivity index (χ0) is 16.2. The molecule has 0 atom stereocenters. The number of nitrogens with zero attached hydrogens (tertiary/aromatic N) is 3. The topological polar surface area (TPSA) is 91.4 Å². The van der Waals surface area contributed by atoms with Gasteiger partial charge in [0.2, 0.25) is 0 Å². The predicted octanol–water partition coefficient (Wildman–Crippen LogP) is 1.99. The molecule has 7 heteroatoms. The smallest absolute Gasteiger partial charge is 0.270 e. The van der Waals surface area contributed by atoms with Crippen molar-refractivity contribution >= 4 is 11.4 Å². The highest BCUT2D eigenvalue weighted by atomic mass is 16.6. The molecule has 1 aliphatic rings. The molecule has 0 spiro atoms. The Bertz CT molecular complexity index is 589. The zero-order valence-electron chi connectivity index (χ0n) is 12.8. The highest BCUT2D eigenvalue weighted by Crippen LogP contribution is 2.28. The summed E-state index contributed by atoms with van der Waals surface area (Å²) < 4.78 is 5.43. The number of benzene rings is 1. The summed E-state index contributed by atoms with van der Waals surface area (Å²) in [4.78, 5) is 12.5. The quantitative estimate of drug-likeness (QED) is 0.660. The molecule has 1 heterocycles. The molecule has 22 heavy (non-hydrogen) atoms. The van der Waals surface area contributed by atoms with E-state index in [0.29, 0.717) is 25.4 Å². The first kappa shape index (κ1) is 16.2. The summed E-state index contributed by atoms with van der Waals surface area (Å²) >= 11 is 0. The molecule has 1 fully saturated rings. The standard InChI is InChI=1S/C15H20N4O3/c1-18(2)15(5-7-22-8-6-15)11-17-14-4-3-13(19(20)21)9-12(14)10-16/h3-4,9,17H,5-8,11H2,1-2H3. The summed E-state index contributed by atoms with van der Waals surface area (Å²) in [5.41, 5.74) is 0.804. The number of nitriles is 1. The number of rotatable bonds is 5. The number of hydrogen-bond acceptors (Lipinski definition) is 6. The van der Waals surface area contributed by atoms with Gasteiger partial charge in [-0.25, -0.2) is 0 Å². The van der Waals surface area contributed by atoms with E-state index in [9.17, 15) is 15.4 Å². The van der Waals surface area contributed by atoms with E-state index in [2.05, 4.69) is 10.2 Å². The van der Waals surface area contributed by atoms with Crippen LogP contribution in [0.3, 0.4) is 0 Å². The van der Waals surface area contributed by atoms with Crippen LogP contribution in [0, 0.1) is 21.4 Å². The number of ether oxygens (including phenoxy) is 1. The van der Waals surface area contributed by atoms with Gasteiger partial charge in [-0.1, -0.05) is 0 Å². The first-order valence-electron chi connectivity index (χ1n) is 7.16. The van der Waals surface area contributed by atoms with Gasteiger partial charge in [-0.15, -0.1) is 0 Å². The van der Waals surface area contributed by atoms with Crippen LogP contribution in [-0.2, 0) is 4.74 Å². The van der Waals surface area contributed by atoms with Crippen LogP contribution in [0.4, 0.5) is 11.4 Å². The number of nitro benzene ring substituents is 1. The Morgan fingerprint density at radius 3 is 2.68 bits per heavy atom. The van der Waals surface area contributed by atoms with Crippen LogP contribution in [0.5, 0.6) is 0 Å². The number of non-ortho nitro benzene ring substituents is 1. The predicted molar refractivity (Wildman–Crippen MR) is 82.8 cm³/mol. The molecule has 1 aromatic carbocycles. The van der Waals surface area contributed by atoms with Crippen molar-refractivity contribution in [1.29, 1.82) is 5.26 Å². The van der Waals surface area contributed by atoms with Crippen LogP contribution >= 0.6 is 0 Å². The first-order valence-corrected chi connectivity index (χ1v) is 7.16. The van der Waals surface area contributed by atoms with Crippen LogP contribution < -0.4 is 5.32 Å². The maximum Gasteiger partial charge on any atom is 0.270 e. The van der Waals surface area contributed by atoms with Crippen molar-refractivity contribution in [2.75, 3.05) is 39.2 Å². The molecule has 0 aromatic heterocycles. The van der Waals surface area contributed by atoms with Crippen LogP contribution in [0.25, 0.3) is 0 Å². The minimum Gasteiger partial charge on any atom is -0.382 e. The summed E-state index contributed by atoms with van der Waals surface area (Å²) in [5, 5.41) is 23.3. The third-order valence-corrected chi connectivity index (χ3v) is 4.31. The van der Waals surface area contributed by atoms with Crippen molar-refractivity contribution in [2.24, 2.45) is 0 Å². The van der Waals surface area contributed by atoms with Gasteiger partial charge in [-0.2, -0.15) is 5.26 Å². The van der Waals surface area contributed by atoms with Crippen molar-refractivity contribution < 1.29 is 9.66 Å². The Morgan fingerprint density at radius 2 is 2.14 bits per heavy atom. The molecule has 7 nitrogen and oxygen atoms in total. The molecule has 0 saturated carbocycles. The molecule has 0 unspecified atom stereocenters.